The maximum absolute atomic E-state index is 6.39. The van der Waals surface area contributed by atoms with Crippen LogP contribution in [0.2, 0.25) is 0 Å². The van der Waals surface area contributed by atoms with Crippen molar-refractivity contribution in [1.29, 1.82) is 0 Å². The molecule has 0 spiro atoms. The van der Waals surface area contributed by atoms with Gasteiger partial charge in [0.05, 0.1) is 0 Å². The van der Waals surface area contributed by atoms with E-state index in [-0.39, 0.29) is 0 Å². The number of nitrogens with zero attached hydrogens (tertiary/aromatic N) is 3. The zero-order chi connectivity index (χ0) is 38.3. The molecule has 0 N–H and O–H groups in total. The molecule has 2 bridgehead atoms. The molecule has 0 aliphatic heterocycles. The lowest BCUT2D eigenvalue weighted by atomic mass is 9.55. The van der Waals surface area contributed by atoms with Gasteiger partial charge < -0.3 is 4.42 Å². The maximum atomic E-state index is 6.39. The minimum Gasteiger partial charge on any atom is -0.456 e. The first-order valence-electron chi connectivity index (χ1n) is 19.9. The number of para-hydroxylation sites is 1. The van der Waals surface area contributed by atoms with Crippen molar-refractivity contribution in [3.63, 3.8) is 0 Å². The highest BCUT2D eigenvalue weighted by Gasteiger charge is 2.57. The average molecular weight is 742 g/mol. The van der Waals surface area contributed by atoms with Crippen molar-refractivity contribution >= 4 is 21.9 Å². The Bertz CT molecular complexity index is 3160. The van der Waals surface area contributed by atoms with E-state index in [4.69, 9.17) is 19.4 Å². The molecule has 0 radical (unpaired) electrons. The van der Waals surface area contributed by atoms with Crippen molar-refractivity contribution in [1.82, 2.24) is 15.0 Å². The topological polar surface area (TPSA) is 51.8 Å². The summed E-state index contributed by atoms with van der Waals surface area (Å²) in [5, 5.41) is 2.16. The molecule has 3 aliphatic rings. The molecule has 4 nitrogen and oxygen atoms in total. The summed E-state index contributed by atoms with van der Waals surface area (Å²) in [5.41, 5.74) is 13.2. The van der Waals surface area contributed by atoms with Crippen LogP contribution >= 0.6 is 0 Å². The summed E-state index contributed by atoms with van der Waals surface area (Å²) in [7, 11) is 0. The molecule has 0 saturated carbocycles. The predicted molar refractivity (Wildman–Crippen MR) is 232 cm³/mol. The summed E-state index contributed by atoms with van der Waals surface area (Å²) >= 11 is 0. The molecule has 13 rings (SSSR count). The fourth-order valence-corrected chi connectivity index (χ4v) is 10.1. The summed E-state index contributed by atoms with van der Waals surface area (Å²) in [6.45, 7) is 0. The van der Waals surface area contributed by atoms with Gasteiger partial charge in [0, 0.05) is 27.3 Å². The van der Waals surface area contributed by atoms with Crippen LogP contribution in [0, 0.1) is 0 Å². The summed E-state index contributed by atoms with van der Waals surface area (Å²) in [5.74, 6) is 1.93. The minimum absolute atomic E-state index is 0.469. The van der Waals surface area contributed by atoms with Crippen molar-refractivity contribution in [2.75, 3.05) is 0 Å². The lowest BCUT2D eigenvalue weighted by Crippen LogP contribution is -2.43. The SMILES string of the molecule is c1ccc(-c2ccc(C34Cc5ccccc5C(c5nc(-c6ccccc6)nc(-c6ccc7c(c6)oc6ccccc67)n5)(c5ccccc53)c3ccccc34)cc2)cc1. The molecule has 3 aliphatic carbocycles. The van der Waals surface area contributed by atoms with Crippen LogP contribution in [0.4, 0.5) is 0 Å². The minimum atomic E-state index is -0.849. The molecule has 0 amide bonds. The standard InChI is InChI=1S/C54H35N3O/c1-3-15-35(16-4-1)36-27-30-40(31-28-36)53-34-39-19-7-9-21-43(39)54(46-24-12-10-22-44(46)53,47-25-13-11-23-45(47)53)52-56-50(37-17-5-2-6-18-37)55-51(57-52)38-29-32-42-41-20-8-14-26-48(41)58-49(42)33-38/h1-33H,34H2. The van der Waals surface area contributed by atoms with E-state index < -0.39 is 10.8 Å². The zero-order valence-electron chi connectivity index (χ0n) is 31.5. The van der Waals surface area contributed by atoms with Gasteiger partial charge in [-0.1, -0.05) is 182 Å². The van der Waals surface area contributed by atoms with E-state index in [0.717, 1.165) is 39.5 Å². The largest absolute Gasteiger partial charge is 0.456 e. The molecule has 2 aromatic heterocycles. The van der Waals surface area contributed by atoms with E-state index in [2.05, 4.69) is 164 Å². The van der Waals surface area contributed by atoms with Gasteiger partial charge in [-0.3, -0.25) is 0 Å². The number of fused-ring (bicyclic) bond motifs is 3. The highest BCUT2D eigenvalue weighted by molar-refractivity contribution is 6.05. The van der Waals surface area contributed by atoms with Crippen LogP contribution in [0.1, 0.15) is 44.8 Å². The molecule has 8 aromatic carbocycles. The van der Waals surface area contributed by atoms with E-state index >= 15 is 0 Å². The Hall–Kier alpha value is -7.43. The molecule has 2 heterocycles. The van der Waals surface area contributed by atoms with Crippen LogP contribution < -0.4 is 0 Å². The Morgan fingerprint density at radius 2 is 0.897 bits per heavy atom. The highest BCUT2D eigenvalue weighted by Crippen LogP contribution is 2.61. The third-order valence-corrected chi connectivity index (χ3v) is 12.6. The maximum Gasteiger partial charge on any atom is 0.163 e. The molecule has 0 unspecified atom stereocenters. The van der Waals surface area contributed by atoms with E-state index in [1.165, 1.54) is 50.1 Å². The van der Waals surface area contributed by atoms with E-state index in [0.29, 0.717) is 17.5 Å². The molecular weight excluding hydrogens is 707 g/mol. The first-order valence-corrected chi connectivity index (χ1v) is 19.9. The molecular formula is C54H35N3O. The quantitative estimate of drug-likeness (QED) is 0.176. The summed E-state index contributed by atoms with van der Waals surface area (Å²) in [6.07, 6.45) is 0.788. The van der Waals surface area contributed by atoms with Gasteiger partial charge in [0.1, 0.15) is 16.6 Å². The Morgan fingerprint density at radius 3 is 1.60 bits per heavy atom. The average Bonchev–Trinajstić information content (AvgIpc) is 3.57. The van der Waals surface area contributed by atoms with Crippen molar-refractivity contribution in [2.24, 2.45) is 0 Å². The molecule has 0 atom stereocenters. The number of rotatable bonds is 5. The fraction of sp³-hybridized carbons (Fsp3) is 0.0556. The van der Waals surface area contributed by atoms with Crippen LogP contribution in [-0.2, 0) is 17.3 Å². The Balaban J connectivity index is 1.16. The molecule has 58 heavy (non-hydrogen) atoms. The Morgan fingerprint density at radius 1 is 0.379 bits per heavy atom. The van der Waals surface area contributed by atoms with Gasteiger partial charge in [0.15, 0.2) is 17.5 Å². The van der Waals surface area contributed by atoms with Crippen LogP contribution in [0.15, 0.2) is 205 Å². The first-order chi connectivity index (χ1) is 28.7. The normalized spacial score (nSPS) is 17.7. The summed E-state index contributed by atoms with van der Waals surface area (Å²) in [4.78, 5) is 16.4. The second-order valence-corrected chi connectivity index (χ2v) is 15.5. The van der Waals surface area contributed by atoms with Crippen LogP contribution in [0.25, 0.3) is 55.8 Å². The Kier molecular flexibility index (Phi) is 7.09. The molecule has 272 valence electrons. The van der Waals surface area contributed by atoms with E-state index in [1.807, 2.05) is 36.4 Å². The fourth-order valence-electron chi connectivity index (χ4n) is 10.1. The van der Waals surface area contributed by atoms with Crippen molar-refractivity contribution in [3.05, 3.63) is 245 Å². The van der Waals surface area contributed by atoms with Gasteiger partial charge in [0.2, 0.25) is 0 Å². The third kappa shape index (κ3) is 4.60. The number of hydrogen-bond donors (Lipinski definition) is 0. The lowest BCUT2D eigenvalue weighted by Gasteiger charge is -2.46. The predicted octanol–water partition coefficient (Wildman–Crippen LogP) is 12.4. The van der Waals surface area contributed by atoms with Gasteiger partial charge in [-0.25, -0.2) is 15.0 Å². The third-order valence-electron chi connectivity index (χ3n) is 12.6. The van der Waals surface area contributed by atoms with Gasteiger partial charge in [-0.15, -0.1) is 0 Å². The smallest absolute Gasteiger partial charge is 0.163 e. The van der Waals surface area contributed by atoms with E-state index in [1.54, 1.807) is 0 Å². The highest BCUT2D eigenvalue weighted by atomic mass is 16.3. The molecule has 0 fully saturated rings. The summed E-state index contributed by atoms with van der Waals surface area (Å²) in [6, 6.07) is 71.7. The van der Waals surface area contributed by atoms with Gasteiger partial charge in [0.25, 0.3) is 0 Å². The van der Waals surface area contributed by atoms with Gasteiger partial charge >= 0.3 is 0 Å². The molecule has 10 aromatic rings. The number of furan rings is 1. The van der Waals surface area contributed by atoms with Crippen LogP contribution in [0.5, 0.6) is 0 Å². The monoisotopic (exact) mass is 741 g/mol. The number of hydrogen-bond acceptors (Lipinski definition) is 4. The first kappa shape index (κ1) is 32.8. The molecule has 0 saturated heterocycles. The lowest BCUT2D eigenvalue weighted by molar-refractivity contribution is 0.565. The van der Waals surface area contributed by atoms with Crippen molar-refractivity contribution in [3.8, 4) is 33.9 Å². The van der Waals surface area contributed by atoms with Gasteiger partial charge in [-0.2, -0.15) is 0 Å². The molecule has 4 heteroatoms. The van der Waals surface area contributed by atoms with E-state index in [9.17, 15) is 0 Å². The zero-order valence-corrected chi connectivity index (χ0v) is 31.5. The number of benzene rings is 8. The van der Waals surface area contributed by atoms with Crippen molar-refractivity contribution in [2.45, 2.75) is 17.3 Å². The van der Waals surface area contributed by atoms with Crippen LogP contribution in [0.3, 0.4) is 0 Å². The second-order valence-electron chi connectivity index (χ2n) is 15.5. The number of aromatic nitrogens is 3. The second kappa shape index (κ2) is 12.5. The Labute approximate surface area is 336 Å². The van der Waals surface area contributed by atoms with Crippen molar-refractivity contribution < 1.29 is 4.42 Å². The van der Waals surface area contributed by atoms with Gasteiger partial charge in [-0.05, 0) is 74.7 Å². The summed E-state index contributed by atoms with van der Waals surface area (Å²) < 4.78 is 6.39. The van der Waals surface area contributed by atoms with Crippen LogP contribution in [-0.4, -0.2) is 15.0 Å².